The molecule has 1 aromatic carbocycles. The van der Waals surface area contributed by atoms with Crippen molar-refractivity contribution in [3.05, 3.63) is 47.3 Å². The van der Waals surface area contributed by atoms with Crippen LogP contribution >= 0.6 is 0 Å². The number of aromatic nitrogens is 5. The number of anilines is 1. The maximum absolute atomic E-state index is 13.0. The van der Waals surface area contributed by atoms with E-state index in [1.807, 2.05) is 44.3 Å². The molecule has 7 heteroatoms. The monoisotopic (exact) mass is 348 g/mol. The first-order valence-corrected chi connectivity index (χ1v) is 8.54. The van der Waals surface area contributed by atoms with Crippen LogP contribution in [0.25, 0.3) is 22.1 Å². The molecule has 0 unspecified atom stereocenters. The molecule has 7 nitrogen and oxygen atoms in total. The highest BCUT2D eigenvalue weighted by molar-refractivity contribution is 6.12. The van der Waals surface area contributed by atoms with Gasteiger partial charge in [-0.15, -0.1) is 0 Å². The number of benzene rings is 1. The van der Waals surface area contributed by atoms with Crippen LogP contribution < -0.4 is 5.32 Å². The fraction of sp³-hybridized carbons (Fsp3) is 0.263. The first kappa shape index (κ1) is 16.3. The molecule has 0 saturated carbocycles. The van der Waals surface area contributed by atoms with E-state index in [-0.39, 0.29) is 11.8 Å². The van der Waals surface area contributed by atoms with E-state index in [1.165, 1.54) is 0 Å². The Morgan fingerprint density at radius 1 is 1.23 bits per heavy atom. The SMILES string of the molecule is Cc1nn(C)c2nc(C(C)C)cc(C(=O)Nc3nc4ccccc4[nH]3)c12. The Bertz CT molecular complexity index is 1100. The van der Waals surface area contributed by atoms with E-state index >= 15 is 0 Å². The van der Waals surface area contributed by atoms with Crippen LogP contribution in [0.1, 0.15) is 41.5 Å². The number of para-hydroxylation sites is 2. The van der Waals surface area contributed by atoms with Crippen molar-refractivity contribution in [2.45, 2.75) is 26.7 Å². The number of aryl methyl sites for hydroxylation is 2. The lowest BCUT2D eigenvalue weighted by molar-refractivity contribution is 0.102. The van der Waals surface area contributed by atoms with Gasteiger partial charge in [0.2, 0.25) is 5.95 Å². The number of carbonyl (C=O) groups excluding carboxylic acids is 1. The first-order chi connectivity index (χ1) is 12.4. The number of hydrogen-bond donors (Lipinski definition) is 2. The van der Waals surface area contributed by atoms with Gasteiger partial charge in [0.15, 0.2) is 5.65 Å². The molecule has 0 aliphatic heterocycles. The second-order valence-corrected chi connectivity index (χ2v) is 6.71. The van der Waals surface area contributed by atoms with Crippen molar-refractivity contribution in [3.8, 4) is 0 Å². The topological polar surface area (TPSA) is 88.5 Å². The summed E-state index contributed by atoms with van der Waals surface area (Å²) in [4.78, 5) is 25.2. The summed E-state index contributed by atoms with van der Waals surface area (Å²) in [5, 5.41) is 8.07. The van der Waals surface area contributed by atoms with Crippen LogP contribution in [0.4, 0.5) is 5.95 Å². The summed E-state index contributed by atoms with van der Waals surface area (Å²) in [6, 6.07) is 9.50. The molecular weight excluding hydrogens is 328 g/mol. The van der Waals surface area contributed by atoms with E-state index in [2.05, 4.69) is 39.2 Å². The van der Waals surface area contributed by atoms with Gasteiger partial charge in [-0.3, -0.25) is 14.8 Å². The normalized spacial score (nSPS) is 11.6. The largest absolute Gasteiger partial charge is 0.324 e. The van der Waals surface area contributed by atoms with Crippen molar-refractivity contribution in [1.29, 1.82) is 0 Å². The highest BCUT2D eigenvalue weighted by Gasteiger charge is 2.20. The highest BCUT2D eigenvalue weighted by atomic mass is 16.1. The van der Waals surface area contributed by atoms with Crippen LogP contribution in [0, 0.1) is 6.92 Å². The number of pyridine rings is 1. The highest BCUT2D eigenvalue weighted by Crippen LogP contribution is 2.25. The van der Waals surface area contributed by atoms with Crippen LogP contribution in [0.3, 0.4) is 0 Å². The molecule has 132 valence electrons. The van der Waals surface area contributed by atoms with Crippen LogP contribution in [0.2, 0.25) is 0 Å². The molecule has 26 heavy (non-hydrogen) atoms. The van der Waals surface area contributed by atoms with Gasteiger partial charge in [0.1, 0.15) is 0 Å². The molecule has 0 radical (unpaired) electrons. The Hall–Kier alpha value is -3.22. The number of amides is 1. The second kappa shape index (κ2) is 5.94. The van der Waals surface area contributed by atoms with Gasteiger partial charge in [-0.05, 0) is 31.0 Å². The molecule has 1 amide bonds. The van der Waals surface area contributed by atoms with E-state index in [9.17, 15) is 4.79 Å². The van der Waals surface area contributed by atoms with E-state index in [0.29, 0.717) is 17.2 Å². The smallest absolute Gasteiger partial charge is 0.258 e. The number of hydrogen-bond acceptors (Lipinski definition) is 4. The van der Waals surface area contributed by atoms with Gasteiger partial charge in [-0.25, -0.2) is 9.97 Å². The predicted molar refractivity (Wildman–Crippen MR) is 101 cm³/mol. The molecule has 0 spiro atoms. The quantitative estimate of drug-likeness (QED) is 0.593. The van der Waals surface area contributed by atoms with Crippen molar-refractivity contribution in [2.75, 3.05) is 5.32 Å². The van der Waals surface area contributed by atoms with Crippen molar-refractivity contribution in [2.24, 2.45) is 7.05 Å². The molecule has 4 aromatic rings. The van der Waals surface area contributed by atoms with Crippen LogP contribution in [-0.4, -0.2) is 30.6 Å². The molecule has 3 heterocycles. The van der Waals surface area contributed by atoms with Crippen LogP contribution in [0.5, 0.6) is 0 Å². The minimum absolute atomic E-state index is 0.201. The van der Waals surface area contributed by atoms with Crippen molar-refractivity contribution in [3.63, 3.8) is 0 Å². The summed E-state index contributed by atoms with van der Waals surface area (Å²) in [5.74, 6) is 0.399. The minimum atomic E-state index is -0.227. The van der Waals surface area contributed by atoms with Gasteiger partial charge in [-0.2, -0.15) is 5.10 Å². The molecule has 0 bridgehead atoms. The zero-order valence-corrected chi connectivity index (χ0v) is 15.2. The maximum Gasteiger partial charge on any atom is 0.258 e. The molecule has 0 saturated heterocycles. The van der Waals surface area contributed by atoms with Gasteiger partial charge < -0.3 is 4.98 Å². The fourth-order valence-corrected chi connectivity index (χ4v) is 3.13. The Morgan fingerprint density at radius 3 is 2.73 bits per heavy atom. The third kappa shape index (κ3) is 2.61. The number of aromatic amines is 1. The van der Waals surface area contributed by atoms with Crippen molar-refractivity contribution >= 4 is 33.9 Å². The summed E-state index contributed by atoms with van der Waals surface area (Å²) in [6.45, 7) is 5.99. The molecule has 0 aliphatic carbocycles. The molecule has 4 rings (SSSR count). The molecular formula is C19H20N6O. The van der Waals surface area contributed by atoms with Gasteiger partial charge >= 0.3 is 0 Å². The second-order valence-electron chi connectivity index (χ2n) is 6.71. The van der Waals surface area contributed by atoms with E-state index < -0.39 is 0 Å². The Kier molecular flexibility index (Phi) is 3.72. The van der Waals surface area contributed by atoms with Gasteiger partial charge in [0, 0.05) is 12.7 Å². The minimum Gasteiger partial charge on any atom is -0.324 e. The zero-order valence-electron chi connectivity index (χ0n) is 15.2. The zero-order chi connectivity index (χ0) is 18.4. The fourth-order valence-electron chi connectivity index (χ4n) is 3.13. The summed E-state index contributed by atoms with van der Waals surface area (Å²) < 4.78 is 1.72. The third-order valence-corrected chi connectivity index (χ3v) is 4.45. The van der Waals surface area contributed by atoms with Gasteiger partial charge in [0.25, 0.3) is 5.91 Å². The Labute approximate surface area is 150 Å². The maximum atomic E-state index is 13.0. The summed E-state index contributed by atoms with van der Waals surface area (Å²) in [6.07, 6.45) is 0. The van der Waals surface area contributed by atoms with Crippen molar-refractivity contribution < 1.29 is 4.79 Å². The van der Waals surface area contributed by atoms with Crippen LogP contribution in [0.15, 0.2) is 30.3 Å². The van der Waals surface area contributed by atoms with Gasteiger partial charge in [-0.1, -0.05) is 26.0 Å². The molecule has 0 aliphatic rings. The standard InChI is InChI=1S/C19H20N6O/c1-10(2)15-9-12(16-11(3)24-25(4)17(16)20-15)18(26)23-19-21-13-7-5-6-8-14(13)22-19/h5-10H,1-4H3,(H2,21,22,23,26). The number of imidazole rings is 1. The Morgan fingerprint density at radius 2 is 2.00 bits per heavy atom. The Balaban J connectivity index is 1.80. The van der Waals surface area contributed by atoms with Crippen LogP contribution in [-0.2, 0) is 7.05 Å². The third-order valence-electron chi connectivity index (χ3n) is 4.45. The summed E-state index contributed by atoms with van der Waals surface area (Å²) in [5.41, 5.74) is 4.59. The van der Waals surface area contributed by atoms with E-state index in [1.54, 1.807) is 4.68 Å². The molecule has 2 N–H and O–H groups in total. The predicted octanol–water partition coefficient (Wildman–Crippen LogP) is 3.53. The number of H-pyrrole nitrogens is 1. The first-order valence-electron chi connectivity index (χ1n) is 8.54. The average Bonchev–Trinajstić information content (AvgIpc) is 3.14. The lowest BCUT2D eigenvalue weighted by Gasteiger charge is -2.10. The number of nitrogens with one attached hydrogen (secondary N) is 2. The summed E-state index contributed by atoms with van der Waals surface area (Å²) >= 11 is 0. The number of fused-ring (bicyclic) bond motifs is 2. The lowest BCUT2D eigenvalue weighted by atomic mass is 10.0. The number of nitrogens with zero attached hydrogens (tertiary/aromatic N) is 4. The molecule has 0 fully saturated rings. The number of rotatable bonds is 3. The average molecular weight is 348 g/mol. The van der Waals surface area contributed by atoms with Crippen molar-refractivity contribution in [1.82, 2.24) is 24.7 Å². The van der Waals surface area contributed by atoms with E-state index in [4.69, 9.17) is 0 Å². The molecule has 0 atom stereocenters. The van der Waals surface area contributed by atoms with Gasteiger partial charge in [0.05, 0.1) is 27.7 Å². The summed E-state index contributed by atoms with van der Waals surface area (Å²) in [7, 11) is 1.84. The lowest BCUT2D eigenvalue weighted by Crippen LogP contribution is -2.15. The number of carbonyl (C=O) groups is 1. The molecule has 3 aromatic heterocycles. The van der Waals surface area contributed by atoms with E-state index in [0.717, 1.165) is 27.8 Å².